The summed E-state index contributed by atoms with van der Waals surface area (Å²) in [4.78, 5) is 20.8. The first-order valence-corrected chi connectivity index (χ1v) is 6.82. The smallest absolute Gasteiger partial charge is 0.434 e. The normalized spacial score (nSPS) is 13.2. The van der Waals surface area contributed by atoms with Crippen molar-refractivity contribution in [1.29, 1.82) is 0 Å². The summed E-state index contributed by atoms with van der Waals surface area (Å²) in [6, 6.07) is 3.51. The van der Waals surface area contributed by atoms with Crippen LogP contribution in [0.25, 0.3) is 0 Å². The number of ether oxygens (including phenoxy) is 2. The molecular formula is C13H8F9NO5. The molecular weight excluding hydrogens is 421 g/mol. The van der Waals surface area contributed by atoms with Gasteiger partial charge in [-0.05, 0) is 12.1 Å². The minimum absolute atomic E-state index is 0.392. The van der Waals surface area contributed by atoms with Gasteiger partial charge < -0.3 is 9.47 Å². The lowest BCUT2D eigenvalue weighted by Gasteiger charge is -2.33. The highest BCUT2D eigenvalue weighted by molar-refractivity contribution is 5.63. The fourth-order valence-electron chi connectivity index (χ4n) is 1.59. The molecule has 0 spiro atoms. The van der Waals surface area contributed by atoms with Crippen LogP contribution in [0.4, 0.5) is 50.0 Å². The van der Waals surface area contributed by atoms with Gasteiger partial charge in [-0.15, -0.1) is 0 Å². The van der Waals surface area contributed by atoms with Crippen LogP contribution in [0.5, 0.6) is 5.75 Å². The SMILES string of the molecule is O=C(OCCC(F)(F)C(F)(F)C(F)(F)C(F)(F)F)Oc1ccc([N+](=O)[O-])cc1. The summed E-state index contributed by atoms with van der Waals surface area (Å²) in [5.74, 6) is -20.1. The van der Waals surface area contributed by atoms with Crippen LogP contribution in [0.3, 0.4) is 0 Å². The molecule has 0 amide bonds. The third kappa shape index (κ3) is 4.75. The molecule has 15 heteroatoms. The third-order valence-corrected chi connectivity index (χ3v) is 3.09. The number of nitrogens with zero attached hydrogens (tertiary/aromatic N) is 1. The van der Waals surface area contributed by atoms with E-state index in [1.807, 2.05) is 0 Å². The lowest BCUT2D eigenvalue weighted by atomic mass is 10.0. The van der Waals surface area contributed by atoms with Crippen molar-refractivity contribution in [3.63, 3.8) is 0 Å². The zero-order chi connectivity index (χ0) is 22.0. The number of benzene rings is 1. The van der Waals surface area contributed by atoms with Crippen molar-refractivity contribution in [2.75, 3.05) is 6.61 Å². The summed E-state index contributed by atoms with van der Waals surface area (Å²) in [6.45, 7) is -1.69. The lowest BCUT2D eigenvalue weighted by molar-refractivity contribution is -0.397. The second-order valence-electron chi connectivity index (χ2n) is 5.05. The Morgan fingerprint density at radius 2 is 1.43 bits per heavy atom. The van der Waals surface area contributed by atoms with Crippen LogP contribution < -0.4 is 4.74 Å². The standard InChI is InChI=1S/C13H8F9NO5/c14-10(15,11(16,17)12(18,19)13(20,21)22)5-6-27-9(24)28-8-3-1-7(2-4-8)23(25)26/h1-4H,5-6H2. The fraction of sp³-hybridized carbons (Fsp3) is 0.462. The van der Waals surface area contributed by atoms with E-state index in [0.29, 0.717) is 0 Å². The molecule has 158 valence electrons. The van der Waals surface area contributed by atoms with Crippen LogP contribution in [0.15, 0.2) is 24.3 Å². The van der Waals surface area contributed by atoms with E-state index < -0.39 is 59.5 Å². The summed E-state index contributed by atoms with van der Waals surface area (Å²) in [5.41, 5.74) is -0.409. The molecule has 0 unspecified atom stereocenters. The van der Waals surface area contributed by atoms with E-state index in [-0.39, 0.29) is 0 Å². The predicted octanol–water partition coefficient (Wildman–Crippen LogP) is 4.97. The van der Waals surface area contributed by atoms with Crippen LogP contribution >= 0.6 is 0 Å². The van der Waals surface area contributed by atoms with Crippen molar-refractivity contribution >= 4 is 11.8 Å². The molecule has 0 saturated heterocycles. The van der Waals surface area contributed by atoms with Crippen LogP contribution in [-0.4, -0.2) is 41.6 Å². The number of rotatable bonds is 7. The van der Waals surface area contributed by atoms with Gasteiger partial charge >= 0.3 is 30.1 Å². The van der Waals surface area contributed by atoms with Crippen molar-refractivity contribution in [1.82, 2.24) is 0 Å². The summed E-state index contributed by atoms with van der Waals surface area (Å²) in [7, 11) is 0. The minimum atomic E-state index is -7.04. The van der Waals surface area contributed by atoms with Crippen LogP contribution in [-0.2, 0) is 4.74 Å². The monoisotopic (exact) mass is 429 g/mol. The number of nitro groups is 1. The molecule has 0 saturated carbocycles. The van der Waals surface area contributed by atoms with E-state index in [1.165, 1.54) is 0 Å². The van der Waals surface area contributed by atoms with E-state index in [9.17, 15) is 54.4 Å². The molecule has 0 aliphatic carbocycles. The molecule has 0 bridgehead atoms. The highest BCUT2D eigenvalue weighted by Gasteiger charge is 2.81. The predicted molar refractivity (Wildman–Crippen MR) is 70.6 cm³/mol. The first-order chi connectivity index (χ1) is 12.5. The Morgan fingerprint density at radius 1 is 0.929 bits per heavy atom. The van der Waals surface area contributed by atoms with E-state index in [4.69, 9.17) is 0 Å². The van der Waals surface area contributed by atoms with Crippen molar-refractivity contribution in [2.45, 2.75) is 30.4 Å². The molecule has 6 nitrogen and oxygen atoms in total. The number of carbonyl (C=O) groups excluding carboxylic acids is 1. The summed E-state index contributed by atoms with van der Waals surface area (Å²) < 4.78 is 122. The van der Waals surface area contributed by atoms with Gasteiger partial charge in [-0.2, -0.15) is 39.5 Å². The second-order valence-corrected chi connectivity index (χ2v) is 5.05. The molecule has 0 aromatic heterocycles. The lowest BCUT2D eigenvalue weighted by Crippen LogP contribution is -2.61. The number of halogens is 9. The van der Waals surface area contributed by atoms with Gasteiger partial charge in [0.2, 0.25) is 0 Å². The van der Waals surface area contributed by atoms with Crippen molar-refractivity contribution < 1.29 is 58.7 Å². The van der Waals surface area contributed by atoms with Gasteiger partial charge in [-0.3, -0.25) is 10.1 Å². The van der Waals surface area contributed by atoms with Gasteiger partial charge in [-0.25, -0.2) is 4.79 Å². The molecule has 0 radical (unpaired) electrons. The van der Waals surface area contributed by atoms with Gasteiger partial charge in [-0.1, -0.05) is 0 Å². The highest BCUT2D eigenvalue weighted by atomic mass is 19.4. The fourth-order valence-corrected chi connectivity index (χ4v) is 1.59. The Bertz CT molecular complexity index is 718. The Labute approximate surface area is 149 Å². The quantitative estimate of drug-likeness (QED) is 0.201. The number of alkyl halides is 9. The van der Waals surface area contributed by atoms with E-state index in [0.717, 1.165) is 24.3 Å². The number of nitro benzene ring substituents is 1. The van der Waals surface area contributed by atoms with Gasteiger partial charge in [0, 0.05) is 12.1 Å². The number of hydrogen-bond donors (Lipinski definition) is 0. The Balaban J connectivity index is 2.68. The average Bonchev–Trinajstić information content (AvgIpc) is 2.53. The van der Waals surface area contributed by atoms with Crippen LogP contribution in [0, 0.1) is 10.1 Å². The topological polar surface area (TPSA) is 78.7 Å². The Kier molecular flexibility index (Phi) is 6.42. The maximum absolute atomic E-state index is 13.2. The zero-order valence-electron chi connectivity index (χ0n) is 13.1. The maximum atomic E-state index is 13.2. The molecule has 1 aromatic rings. The van der Waals surface area contributed by atoms with Crippen molar-refractivity contribution in [3.05, 3.63) is 34.4 Å². The van der Waals surface area contributed by atoms with Crippen molar-refractivity contribution in [3.8, 4) is 5.75 Å². The summed E-state index contributed by atoms with van der Waals surface area (Å²) >= 11 is 0. The van der Waals surface area contributed by atoms with Crippen molar-refractivity contribution in [2.24, 2.45) is 0 Å². The third-order valence-electron chi connectivity index (χ3n) is 3.09. The molecule has 1 rings (SSSR count). The van der Waals surface area contributed by atoms with Crippen LogP contribution in [0.1, 0.15) is 6.42 Å². The number of non-ortho nitro benzene ring substituents is 1. The number of hydrogen-bond acceptors (Lipinski definition) is 5. The molecule has 0 fully saturated rings. The van der Waals surface area contributed by atoms with Gasteiger partial charge in [0.25, 0.3) is 5.69 Å². The Hall–Kier alpha value is -2.74. The van der Waals surface area contributed by atoms with Gasteiger partial charge in [0.05, 0.1) is 11.3 Å². The molecule has 0 N–H and O–H groups in total. The summed E-state index contributed by atoms with van der Waals surface area (Å²) in [6.07, 6.45) is -11.1. The second kappa shape index (κ2) is 7.71. The first kappa shape index (κ1) is 23.3. The first-order valence-electron chi connectivity index (χ1n) is 6.82. The van der Waals surface area contributed by atoms with E-state index >= 15 is 0 Å². The molecule has 0 heterocycles. The molecule has 0 atom stereocenters. The zero-order valence-corrected chi connectivity index (χ0v) is 13.1. The van der Waals surface area contributed by atoms with Gasteiger partial charge in [0.1, 0.15) is 12.4 Å². The number of carbonyl (C=O) groups is 1. The highest BCUT2D eigenvalue weighted by Crippen LogP contribution is 2.53. The maximum Gasteiger partial charge on any atom is 0.513 e. The van der Waals surface area contributed by atoms with E-state index in [2.05, 4.69) is 9.47 Å². The Morgan fingerprint density at radius 3 is 1.86 bits per heavy atom. The molecule has 28 heavy (non-hydrogen) atoms. The van der Waals surface area contributed by atoms with Crippen LogP contribution in [0.2, 0.25) is 0 Å². The minimum Gasteiger partial charge on any atom is -0.434 e. The molecule has 0 aliphatic rings. The summed E-state index contributed by atoms with van der Waals surface area (Å²) in [5, 5.41) is 10.4. The molecule has 0 aliphatic heterocycles. The van der Waals surface area contributed by atoms with Gasteiger partial charge in [0.15, 0.2) is 0 Å². The average molecular weight is 429 g/mol. The largest absolute Gasteiger partial charge is 0.513 e. The van der Waals surface area contributed by atoms with E-state index in [1.54, 1.807) is 0 Å². The molecule has 1 aromatic carbocycles.